The van der Waals surface area contributed by atoms with E-state index in [-0.39, 0.29) is 23.9 Å². The van der Waals surface area contributed by atoms with Crippen molar-refractivity contribution in [3.8, 4) is 0 Å². The SMILES string of the molecule is CCN(C(=O)C1=C(C(C)C)N2C(=N[C@@](C)(c3ccc(Cl)cc3)[C@H]2c2ccc(Cl)cc2)S1)C1CCN(C(=O)O)CC1. The lowest BCUT2D eigenvalue weighted by Crippen LogP contribution is -2.48. The molecule has 40 heavy (non-hydrogen) atoms. The summed E-state index contributed by atoms with van der Waals surface area (Å²) in [5.41, 5.74) is 2.44. The molecule has 2 aromatic rings. The minimum Gasteiger partial charge on any atom is -0.465 e. The van der Waals surface area contributed by atoms with Crippen LogP contribution in [0.25, 0.3) is 0 Å². The number of hydrogen-bond acceptors (Lipinski definition) is 5. The van der Waals surface area contributed by atoms with Gasteiger partial charge in [0.1, 0.15) is 10.4 Å². The molecule has 2 atom stereocenters. The third-order valence-corrected chi connectivity index (χ3v) is 9.71. The van der Waals surface area contributed by atoms with E-state index in [1.807, 2.05) is 60.4 Å². The highest BCUT2D eigenvalue weighted by Crippen LogP contribution is 2.56. The van der Waals surface area contributed by atoms with Crippen LogP contribution in [0.4, 0.5) is 4.79 Å². The summed E-state index contributed by atoms with van der Waals surface area (Å²) in [6, 6.07) is 15.5. The quantitative estimate of drug-likeness (QED) is 0.378. The van der Waals surface area contributed by atoms with Gasteiger partial charge in [0, 0.05) is 41.4 Å². The summed E-state index contributed by atoms with van der Waals surface area (Å²) < 4.78 is 0. The van der Waals surface area contributed by atoms with Crippen molar-refractivity contribution in [3.05, 3.63) is 80.3 Å². The van der Waals surface area contributed by atoms with E-state index < -0.39 is 11.6 Å². The van der Waals surface area contributed by atoms with Crippen LogP contribution in [0.5, 0.6) is 0 Å². The molecule has 10 heteroatoms. The normalized spacial score (nSPS) is 23.1. The first kappa shape index (κ1) is 28.8. The van der Waals surface area contributed by atoms with E-state index in [9.17, 15) is 14.7 Å². The minimum atomic E-state index is -0.903. The van der Waals surface area contributed by atoms with Gasteiger partial charge in [-0.1, -0.05) is 61.3 Å². The zero-order valence-corrected chi connectivity index (χ0v) is 25.4. The third-order valence-electron chi connectivity index (χ3n) is 8.14. The van der Waals surface area contributed by atoms with Gasteiger partial charge in [0.05, 0.1) is 6.04 Å². The summed E-state index contributed by atoms with van der Waals surface area (Å²) in [6.45, 7) is 9.78. The van der Waals surface area contributed by atoms with Crippen LogP contribution in [-0.2, 0) is 10.3 Å². The Hall–Kier alpha value is -2.68. The Morgan fingerprint density at radius 2 is 1.65 bits per heavy atom. The Balaban J connectivity index is 1.54. The van der Waals surface area contributed by atoms with Crippen molar-refractivity contribution in [1.29, 1.82) is 0 Å². The van der Waals surface area contributed by atoms with Crippen molar-refractivity contribution in [2.45, 2.75) is 58.2 Å². The predicted molar refractivity (Wildman–Crippen MR) is 162 cm³/mol. The van der Waals surface area contributed by atoms with Gasteiger partial charge >= 0.3 is 6.09 Å². The molecule has 0 unspecified atom stereocenters. The number of carbonyl (C=O) groups is 2. The van der Waals surface area contributed by atoms with E-state index in [2.05, 4.69) is 25.7 Å². The van der Waals surface area contributed by atoms with Gasteiger partial charge < -0.3 is 19.8 Å². The average molecular weight is 602 g/mol. The maximum absolute atomic E-state index is 14.2. The molecule has 5 rings (SSSR count). The van der Waals surface area contributed by atoms with Gasteiger partial charge in [0.25, 0.3) is 5.91 Å². The number of likely N-dealkylation sites (tertiary alicyclic amines) is 1. The number of amidine groups is 1. The number of amides is 2. The van der Waals surface area contributed by atoms with Crippen molar-refractivity contribution in [1.82, 2.24) is 14.7 Å². The zero-order valence-electron chi connectivity index (χ0n) is 23.1. The monoisotopic (exact) mass is 600 g/mol. The van der Waals surface area contributed by atoms with E-state index in [1.165, 1.54) is 16.7 Å². The number of carbonyl (C=O) groups excluding carboxylic acids is 1. The summed E-state index contributed by atoms with van der Waals surface area (Å²) in [4.78, 5) is 37.2. The molecule has 2 aromatic carbocycles. The minimum absolute atomic E-state index is 0.00149. The topological polar surface area (TPSA) is 76.5 Å². The van der Waals surface area contributed by atoms with Crippen LogP contribution < -0.4 is 0 Å². The Labute approximate surface area is 249 Å². The van der Waals surface area contributed by atoms with Gasteiger partial charge in [-0.05, 0) is 79.8 Å². The lowest BCUT2D eigenvalue weighted by Gasteiger charge is -2.38. The first-order chi connectivity index (χ1) is 19.0. The fourth-order valence-electron chi connectivity index (χ4n) is 6.13. The number of thioether (sulfide) groups is 1. The average Bonchev–Trinajstić information content (AvgIpc) is 3.43. The second-order valence-electron chi connectivity index (χ2n) is 10.9. The molecule has 1 saturated heterocycles. The van der Waals surface area contributed by atoms with Gasteiger partial charge in [-0.15, -0.1) is 0 Å². The van der Waals surface area contributed by atoms with E-state index >= 15 is 0 Å². The molecule has 0 spiro atoms. The van der Waals surface area contributed by atoms with E-state index in [4.69, 9.17) is 28.2 Å². The fraction of sp³-hybridized carbons (Fsp3) is 0.433. The summed E-state index contributed by atoms with van der Waals surface area (Å²) in [5, 5.41) is 11.5. The van der Waals surface area contributed by atoms with Crippen LogP contribution in [-0.4, -0.2) is 62.7 Å². The molecule has 1 N–H and O–H groups in total. The number of allylic oxidation sites excluding steroid dienone is 1. The molecular weight excluding hydrogens is 567 g/mol. The van der Waals surface area contributed by atoms with Crippen molar-refractivity contribution in [2.75, 3.05) is 19.6 Å². The number of aliphatic imine (C=N–C) groups is 1. The van der Waals surface area contributed by atoms with E-state index in [0.717, 1.165) is 22.0 Å². The second-order valence-corrected chi connectivity index (χ2v) is 12.8. The van der Waals surface area contributed by atoms with Crippen LogP contribution in [0, 0.1) is 5.92 Å². The summed E-state index contributed by atoms with van der Waals surface area (Å²) in [7, 11) is 0. The molecule has 0 radical (unpaired) electrons. The number of benzene rings is 2. The smallest absolute Gasteiger partial charge is 0.407 e. The number of rotatable bonds is 6. The summed E-state index contributed by atoms with van der Waals surface area (Å²) >= 11 is 14.0. The lowest BCUT2D eigenvalue weighted by molar-refractivity contribution is -0.129. The number of halogens is 2. The Kier molecular flexibility index (Phi) is 8.15. The molecule has 0 aliphatic carbocycles. The van der Waals surface area contributed by atoms with Gasteiger partial charge in [-0.2, -0.15) is 0 Å². The maximum Gasteiger partial charge on any atom is 0.407 e. The lowest BCUT2D eigenvalue weighted by atomic mass is 9.81. The Morgan fingerprint density at radius 1 is 1.07 bits per heavy atom. The first-order valence-electron chi connectivity index (χ1n) is 13.7. The molecule has 1 fully saturated rings. The van der Waals surface area contributed by atoms with Gasteiger partial charge in [0.2, 0.25) is 0 Å². The molecular formula is C30H34Cl2N4O3S. The maximum atomic E-state index is 14.2. The van der Waals surface area contributed by atoms with Crippen LogP contribution in [0.3, 0.4) is 0 Å². The number of carboxylic acid groups (broad SMARTS) is 1. The number of nitrogens with zero attached hydrogens (tertiary/aromatic N) is 4. The summed E-state index contributed by atoms with van der Waals surface area (Å²) in [6.07, 6.45) is 0.362. The number of piperidine rings is 1. The predicted octanol–water partition coefficient (Wildman–Crippen LogP) is 7.23. The number of fused-ring (bicyclic) bond motifs is 1. The highest BCUT2D eigenvalue weighted by molar-refractivity contribution is 8.18. The van der Waals surface area contributed by atoms with Crippen LogP contribution in [0.15, 0.2) is 64.1 Å². The van der Waals surface area contributed by atoms with Crippen molar-refractivity contribution in [2.24, 2.45) is 10.9 Å². The van der Waals surface area contributed by atoms with Gasteiger partial charge in [-0.3, -0.25) is 4.79 Å². The molecule has 3 heterocycles. The van der Waals surface area contributed by atoms with E-state index in [0.29, 0.717) is 47.4 Å². The Bertz CT molecular complexity index is 1350. The van der Waals surface area contributed by atoms with Crippen molar-refractivity contribution < 1.29 is 14.7 Å². The van der Waals surface area contributed by atoms with Crippen molar-refractivity contribution >= 4 is 52.1 Å². The highest BCUT2D eigenvalue weighted by atomic mass is 35.5. The first-order valence-corrected chi connectivity index (χ1v) is 15.2. The van der Waals surface area contributed by atoms with Crippen LogP contribution in [0.1, 0.15) is 57.7 Å². The molecule has 0 bridgehead atoms. The number of hydrogen-bond donors (Lipinski definition) is 1. The molecule has 7 nitrogen and oxygen atoms in total. The van der Waals surface area contributed by atoms with Crippen molar-refractivity contribution in [3.63, 3.8) is 0 Å². The zero-order chi connectivity index (χ0) is 28.8. The fourth-order valence-corrected chi connectivity index (χ4v) is 7.75. The molecule has 0 aromatic heterocycles. The Morgan fingerprint density at radius 3 is 2.17 bits per heavy atom. The van der Waals surface area contributed by atoms with Crippen LogP contribution in [0.2, 0.25) is 10.0 Å². The molecule has 212 valence electrons. The summed E-state index contributed by atoms with van der Waals surface area (Å²) in [5.74, 6) is 0.0548. The van der Waals surface area contributed by atoms with Crippen LogP contribution >= 0.6 is 35.0 Å². The van der Waals surface area contributed by atoms with Gasteiger partial charge in [-0.25, -0.2) is 9.79 Å². The second kappa shape index (κ2) is 11.3. The third kappa shape index (κ3) is 5.10. The molecule has 0 saturated carbocycles. The molecule has 3 aliphatic heterocycles. The molecule has 2 amide bonds. The van der Waals surface area contributed by atoms with E-state index in [1.54, 1.807) is 0 Å². The largest absolute Gasteiger partial charge is 0.465 e. The number of likely N-dealkylation sites (N-methyl/N-ethyl adjacent to an activating group) is 1. The highest BCUT2D eigenvalue weighted by Gasteiger charge is 2.53. The van der Waals surface area contributed by atoms with Gasteiger partial charge in [0.15, 0.2) is 5.17 Å². The standard InChI is InChI=1S/C30H34Cl2N4O3S/c1-5-35(23-14-16-34(17-15-23)29(38)39)27(37)25-24(18(2)3)36-26(19-6-10-21(31)11-7-19)30(4,33-28(36)40-25)20-8-12-22(32)13-9-20/h6-13,18,23,26H,5,14-17H2,1-4H3,(H,38,39)/t26-,30+/m1/s1. The molecule has 3 aliphatic rings.